The highest BCUT2D eigenvalue weighted by molar-refractivity contribution is 9.10. The van der Waals surface area contributed by atoms with Crippen LogP contribution in [0.5, 0.6) is 0 Å². The number of ether oxygens (including phenoxy) is 1. The standard InChI is InChI=1S/C14H19BrN2O/c1-4-5-6-14(18-3)17-13-8-10(2)7-12(15)11(13)9-16-17/h7-9,14H,4-6H2,1-3H3. The van der Waals surface area contributed by atoms with Crippen LogP contribution in [0.15, 0.2) is 22.8 Å². The monoisotopic (exact) mass is 310 g/mol. The molecule has 0 aliphatic carbocycles. The Balaban J connectivity index is 2.43. The van der Waals surface area contributed by atoms with Gasteiger partial charge in [0.1, 0.15) is 6.23 Å². The average Bonchev–Trinajstić information content (AvgIpc) is 2.74. The number of rotatable bonds is 5. The van der Waals surface area contributed by atoms with E-state index in [4.69, 9.17) is 4.74 Å². The number of aryl methyl sites for hydroxylation is 1. The molecule has 0 fully saturated rings. The number of nitrogens with zero attached hydrogens (tertiary/aromatic N) is 2. The van der Waals surface area contributed by atoms with E-state index < -0.39 is 0 Å². The summed E-state index contributed by atoms with van der Waals surface area (Å²) in [6.07, 6.45) is 5.23. The summed E-state index contributed by atoms with van der Waals surface area (Å²) < 4.78 is 8.65. The molecule has 0 saturated carbocycles. The van der Waals surface area contributed by atoms with Crippen molar-refractivity contribution in [1.29, 1.82) is 0 Å². The fraction of sp³-hybridized carbons (Fsp3) is 0.500. The highest BCUT2D eigenvalue weighted by atomic mass is 79.9. The summed E-state index contributed by atoms with van der Waals surface area (Å²) in [4.78, 5) is 0. The zero-order valence-corrected chi connectivity index (χ0v) is 12.7. The van der Waals surface area contributed by atoms with Crippen LogP contribution in [0, 0.1) is 6.92 Å². The Morgan fingerprint density at radius 1 is 1.44 bits per heavy atom. The van der Waals surface area contributed by atoms with Crippen LogP contribution in [0.25, 0.3) is 10.9 Å². The lowest BCUT2D eigenvalue weighted by Crippen LogP contribution is -2.12. The van der Waals surface area contributed by atoms with Gasteiger partial charge in [-0.05, 0) is 37.5 Å². The Bertz CT molecular complexity index is 536. The summed E-state index contributed by atoms with van der Waals surface area (Å²) >= 11 is 3.59. The van der Waals surface area contributed by atoms with Gasteiger partial charge in [0.15, 0.2) is 0 Å². The number of aromatic nitrogens is 2. The van der Waals surface area contributed by atoms with Crippen molar-refractivity contribution in [2.24, 2.45) is 0 Å². The number of fused-ring (bicyclic) bond motifs is 1. The third-order valence-corrected chi connectivity index (χ3v) is 3.82. The largest absolute Gasteiger partial charge is 0.360 e. The Morgan fingerprint density at radius 2 is 2.22 bits per heavy atom. The molecule has 1 atom stereocenters. The van der Waals surface area contributed by atoms with Crippen molar-refractivity contribution in [3.8, 4) is 0 Å². The minimum atomic E-state index is 0.0242. The van der Waals surface area contributed by atoms with Crippen LogP contribution in [0.3, 0.4) is 0 Å². The lowest BCUT2D eigenvalue weighted by atomic mass is 10.2. The molecule has 1 unspecified atom stereocenters. The van der Waals surface area contributed by atoms with E-state index in [1.54, 1.807) is 7.11 Å². The van der Waals surface area contributed by atoms with Crippen molar-refractivity contribution in [3.05, 3.63) is 28.4 Å². The van der Waals surface area contributed by atoms with E-state index in [9.17, 15) is 0 Å². The molecule has 1 aromatic heterocycles. The van der Waals surface area contributed by atoms with Crippen LogP contribution in [-0.4, -0.2) is 16.9 Å². The number of benzene rings is 1. The Hall–Kier alpha value is -0.870. The first-order valence-corrected chi connectivity index (χ1v) is 7.12. The van der Waals surface area contributed by atoms with Crippen molar-refractivity contribution in [1.82, 2.24) is 9.78 Å². The van der Waals surface area contributed by atoms with Gasteiger partial charge in [0.25, 0.3) is 0 Å². The smallest absolute Gasteiger partial charge is 0.150 e. The van der Waals surface area contributed by atoms with Gasteiger partial charge in [0.2, 0.25) is 0 Å². The zero-order chi connectivity index (χ0) is 13.1. The highest BCUT2D eigenvalue weighted by Gasteiger charge is 2.14. The molecule has 1 heterocycles. The third-order valence-electron chi connectivity index (χ3n) is 3.16. The van der Waals surface area contributed by atoms with E-state index in [0.717, 1.165) is 28.2 Å². The van der Waals surface area contributed by atoms with Crippen molar-refractivity contribution in [3.63, 3.8) is 0 Å². The molecule has 18 heavy (non-hydrogen) atoms. The van der Waals surface area contributed by atoms with E-state index >= 15 is 0 Å². The van der Waals surface area contributed by atoms with Gasteiger partial charge in [-0.1, -0.05) is 29.3 Å². The Kier molecular flexibility index (Phi) is 4.40. The zero-order valence-electron chi connectivity index (χ0n) is 11.1. The van der Waals surface area contributed by atoms with Gasteiger partial charge in [-0.2, -0.15) is 5.10 Å². The molecular weight excluding hydrogens is 292 g/mol. The summed E-state index contributed by atoms with van der Waals surface area (Å²) in [6, 6.07) is 4.27. The lowest BCUT2D eigenvalue weighted by Gasteiger charge is -2.16. The first kappa shape index (κ1) is 13.6. The fourth-order valence-electron chi connectivity index (χ4n) is 2.18. The number of hydrogen-bond donors (Lipinski definition) is 0. The SMILES string of the molecule is CCCCC(OC)n1ncc2c(Br)cc(C)cc21. The molecule has 3 nitrogen and oxygen atoms in total. The number of unbranched alkanes of at least 4 members (excludes halogenated alkanes) is 1. The minimum absolute atomic E-state index is 0.0242. The van der Waals surface area contributed by atoms with E-state index in [2.05, 4.69) is 47.0 Å². The Morgan fingerprint density at radius 3 is 2.89 bits per heavy atom. The van der Waals surface area contributed by atoms with Gasteiger partial charge in [-0.25, -0.2) is 4.68 Å². The van der Waals surface area contributed by atoms with Crippen LogP contribution in [-0.2, 0) is 4.74 Å². The van der Waals surface area contributed by atoms with Gasteiger partial charge >= 0.3 is 0 Å². The van der Waals surface area contributed by atoms with Crippen LogP contribution < -0.4 is 0 Å². The molecule has 4 heteroatoms. The summed E-state index contributed by atoms with van der Waals surface area (Å²) in [5, 5.41) is 5.62. The summed E-state index contributed by atoms with van der Waals surface area (Å²) in [6.45, 7) is 4.28. The fourth-order valence-corrected chi connectivity index (χ4v) is 2.85. The van der Waals surface area contributed by atoms with Crippen LogP contribution >= 0.6 is 15.9 Å². The van der Waals surface area contributed by atoms with Crippen molar-refractivity contribution < 1.29 is 4.74 Å². The second-order valence-corrected chi connectivity index (χ2v) is 5.46. The first-order valence-electron chi connectivity index (χ1n) is 6.33. The van der Waals surface area contributed by atoms with Crippen LogP contribution in [0.4, 0.5) is 0 Å². The minimum Gasteiger partial charge on any atom is -0.360 e. The molecular formula is C14H19BrN2O. The quantitative estimate of drug-likeness (QED) is 0.816. The number of halogens is 1. The average molecular weight is 311 g/mol. The molecule has 98 valence electrons. The third kappa shape index (κ3) is 2.59. The van der Waals surface area contributed by atoms with Crippen LogP contribution in [0.1, 0.15) is 38.0 Å². The summed E-state index contributed by atoms with van der Waals surface area (Å²) in [5.74, 6) is 0. The van der Waals surface area contributed by atoms with Crippen molar-refractivity contribution in [2.75, 3.05) is 7.11 Å². The molecule has 0 radical (unpaired) electrons. The van der Waals surface area contributed by atoms with Gasteiger partial charge in [-0.15, -0.1) is 0 Å². The highest BCUT2D eigenvalue weighted by Crippen LogP contribution is 2.28. The van der Waals surface area contributed by atoms with E-state index in [0.29, 0.717) is 0 Å². The van der Waals surface area contributed by atoms with E-state index in [1.165, 1.54) is 12.0 Å². The Labute approximate surface area is 116 Å². The van der Waals surface area contributed by atoms with Gasteiger partial charge in [0.05, 0.1) is 11.7 Å². The van der Waals surface area contributed by atoms with Crippen LogP contribution in [0.2, 0.25) is 0 Å². The normalized spacial score (nSPS) is 13.1. The van der Waals surface area contributed by atoms with Crippen molar-refractivity contribution in [2.45, 2.75) is 39.3 Å². The van der Waals surface area contributed by atoms with Gasteiger partial charge in [0, 0.05) is 17.0 Å². The topological polar surface area (TPSA) is 27.1 Å². The predicted octanol–water partition coefficient (Wildman–Crippen LogP) is 4.44. The molecule has 2 aromatic rings. The molecule has 0 amide bonds. The first-order chi connectivity index (χ1) is 8.67. The van der Waals surface area contributed by atoms with Gasteiger partial charge in [-0.3, -0.25) is 0 Å². The molecule has 1 aromatic carbocycles. The second-order valence-electron chi connectivity index (χ2n) is 4.60. The second kappa shape index (κ2) is 5.85. The molecule has 0 bridgehead atoms. The molecule has 0 aliphatic heterocycles. The maximum absolute atomic E-state index is 5.57. The van der Waals surface area contributed by atoms with Crippen molar-refractivity contribution >= 4 is 26.8 Å². The van der Waals surface area contributed by atoms with Gasteiger partial charge < -0.3 is 4.74 Å². The lowest BCUT2D eigenvalue weighted by molar-refractivity contribution is 0.0288. The molecule has 0 spiro atoms. The van der Waals surface area contributed by atoms with E-state index in [1.807, 2.05) is 10.9 Å². The van der Waals surface area contributed by atoms with E-state index in [-0.39, 0.29) is 6.23 Å². The summed E-state index contributed by atoms with van der Waals surface area (Å²) in [5.41, 5.74) is 2.35. The number of hydrogen-bond acceptors (Lipinski definition) is 2. The molecule has 0 saturated heterocycles. The predicted molar refractivity (Wildman–Crippen MR) is 77.7 cm³/mol. The number of methoxy groups -OCH3 is 1. The maximum Gasteiger partial charge on any atom is 0.150 e. The maximum atomic E-state index is 5.57. The molecule has 0 N–H and O–H groups in total. The molecule has 2 rings (SSSR count). The summed E-state index contributed by atoms with van der Waals surface area (Å²) in [7, 11) is 1.75. The molecule has 0 aliphatic rings.